The molecular formula is C11H13FN2O2. The number of amides is 2. The fourth-order valence-electron chi connectivity index (χ4n) is 1.69. The molecule has 0 atom stereocenters. The molecule has 0 saturated carbocycles. The fraction of sp³-hybridized carbons (Fsp3) is 0.364. The molecule has 1 heterocycles. The summed E-state index contributed by atoms with van der Waals surface area (Å²) in [5, 5.41) is 2.67. The Kier molecular flexibility index (Phi) is 2.94. The number of hydrogen-bond acceptors (Lipinski definition) is 2. The number of carbonyl (C=O) groups is 1. The maximum atomic E-state index is 13.6. The zero-order chi connectivity index (χ0) is 11.5. The number of rotatable bonds is 2. The molecular weight excluding hydrogens is 211 g/mol. The van der Waals surface area contributed by atoms with Gasteiger partial charge in [-0.25, -0.2) is 9.18 Å². The SMILES string of the molecule is COc1ccc(F)c(N2CCCNC2=O)c1. The molecule has 0 unspecified atom stereocenters. The van der Waals surface area contributed by atoms with Gasteiger partial charge < -0.3 is 10.1 Å². The summed E-state index contributed by atoms with van der Waals surface area (Å²) in [4.78, 5) is 12.9. The van der Waals surface area contributed by atoms with Crippen LogP contribution in [0.4, 0.5) is 14.9 Å². The summed E-state index contributed by atoms with van der Waals surface area (Å²) in [6.45, 7) is 1.16. The zero-order valence-corrected chi connectivity index (χ0v) is 9.00. The highest BCUT2D eigenvalue weighted by Crippen LogP contribution is 2.25. The van der Waals surface area contributed by atoms with Crippen LogP contribution in [-0.4, -0.2) is 26.2 Å². The number of carbonyl (C=O) groups excluding carboxylic acids is 1. The molecule has 0 aliphatic carbocycles. The van der Waals surface area contributed by atoms with Crippen molar-refractivity contribution in [2.45, 2.75) is 6.42 Å². The van der Waals surface area contributed by atoms with E-state index in [9.17, 15) is 9.18 Å². The molecule has 4 nitrogen and oxygen atoms in total. The van der Waals surface area contributed by atoms with Crippen molar-refractivity contribution in [3.05, 3.63) is 24.0 Å². The van der Waals surface area contributed by atoms with E-state index in [1.807, 2.05) is 0 Å². The van der Waals surface area contributed by atoms with Crippen LogP contribution in [0.2, 0.25) is 0 Å². The summed E-state index contributed by atoms with van der Waals surface area (Å²) in [6.07, 6.45) is 0.808. The number of ether oxygens (including phenoxy) is 1. The second kappa shape index (κ2) is 4.38. The van der Waals surface area contributed by atoms with Crippen molar-refractivity contribution < 1.29 is 13.9 Å². The van der Waals surface area contributed by atoms with E-state index < -0.39 is 5.82 Å². The van der Waals surface area contributed by atoms with Crippen molar-refractivity contribution in [1.82, 2.24) is 5.32 Å². The minimum Gasteiger partial charge on any atom is -0.497 e. The first kappa shape index (κ1) is 10.7. The monoisotopic (exact) mass is 224 g/mol. The molecule has 0 bridgehead atoms. The molecule has 0 aromatic heterocycles. The van der Waals surface area contributed by atoms with Crippen LogP contribution < -0.4 is 15.0 Å². The van der Waals surface area contributed by atoms with Crippen molar-refractivity contribution in [2.75, 3.05) is 25.1 Å². The van der Waals surface area contributed by atoms with Crippen LogP contribution in [0.25, 0.3) is 0 Å². The topological polar surface area (TPSA) is 41.6 Å². The molecule has 1 aliphatic heterocycles. The Hall–Kier alpha value is -1.78. The number of anilines is 1. The van der Waals surface area contributed by atoms with Crippen LogP contribution in [-0.2, 0) is 0 Å². The van der Waals surface area contributed by atoms with Gasteiger partial charge >= 0.3 is 6.03 Å². The summed E-state index contributed by atoms with van der Waals surface area (Å²) >= 11 is 0. The quantitative estimate of drug-likeness (QED) is 0.831. The van der Waals surface area contributed by atoms with E-state index in [-0.39, 0.29) is 11.7 Å². The van der Waals surface area contributed by atoms with Crippen LogP contribution in [0.1, 0.15) is 6.42 Å². The average molecular weight is 224 g/mol. The third-order valence-electron chi connectivity index (χ3n) is 2.52. The molecule has 1 saturated heterocycles. The highest BCUT2D eigenvalue weighted by molar-refractivity contribution is 5.92. The van der Waals surface area contributed by atoms with Gasteiger partial charge in [0.2, 0.25) is 0 Å². The second-order valence-corrected chi connectivity index (χ2v) is 3.55. The molecule has 1 aromatic carbocycles. The van der Waals surface area contributed by atoms with Gasteiger partial charge in [0.05, 0.1) is 12.8 Å². The lowest BCUT2D eigenvalue weighted by atomic mass is 10.2. The molecule has 5 heteroatoms. The molecule has 1 aliphatic rings. The van der Waals surface area contributed by atoms with Crippen molar-refractivity contribution in [1.29, 1.82) is 0 Å². The van der Waals surface area contributed by atoms with Crippen LogP contribution in [0.5, 0.6) is 5.75 Å². The second-order valence-electron chi connectivity index (χ2n) is 3.55. The minimum atomic E-state index is -0.419. The molecule has 0 radical (unpaired) electrons. The maximum absolute atomic E-state index is 13.6. The number of nitrogens with zero attached hydrogens (tertiary/aromatic N) is 1. The smallest absolute Gasteiger partial charge is 0.321 e. The number of nitrogens with one attached hydrogen (secondary N) is 1. The summed E-state index contributed by atoms with van der Waals surface area (Å²) in [5.41, 5.74) is 0.261. The Balaban J connectivity index is 2.33. The van der Waals surface area contributed by atoms with Crippen LogP contribution in [0, 0.1) is 5.82 Å². The standard InChI is InChI=1S/C11H13FN2O2/c1-16-8-3-4-9(12)10(7-8)14-6-2-5-13-11(14)15/h3-4,7H,2,5-6H2,1H3,(H,13,15). The predicted molar refractivity (Wildman–Crippen MR) is 58.3 cm³/mol. The Morgan fingerprint density at radius 3 is 3.00 bits per heavy atom. The Labute approximate surface area is 93.0 Å². The lowest BCUT2D eigenvalue weighted by Crippen LogP contribution is -2.46. The Bertz CT molecular complexity index is 409. The highest BCUT2D eigenvalue weighted by atomic mass is 19.1. The molecule has 1 aromatic rings. The molecule has 2 rings (SSSR count). The fourth-order valence-corrected chi connectivity index (χ4v) is 1.69. The summed E-state index contributed by atoms with van der Waals surface area (Å²) in [6, 6.07) is 4.09. The van der Waals surface area contributed by atoms with Gasteiger partial charge in [0.15, 0.2) is 0 Å². The van der Waals surface area contributed by atoms with E-state index >= 15 is 0 Å². The van der Waals surface area contributed by atoms with Gasteiger partial charge in [0.25, 0.3) is 0 Å². The van der Waals surface area contributed by atoms with E-state index in [1.165, 1.54) is 30.2 Å². The first-order chi connectivity index (χ1) is 7.72. The maximum Gasteiger partial charge on any atom is 0.321 e. The van der Waals surface area contributed by atoms with Crippen molar-refractivity contribution in [3.63, 3.8) is 0 Å². The van der Waals surface area contributed by atoms with Gasteiger partial charge in [-0.3, -0.25) is 4.90 Å². The van der Waals surface area contributed by atoms with E-state index in [4.69, 9.17) is 4.74 Å². The summed E-state index contributed by atoms with van der Waals surface area (Å²) in [7, 11) is 1.51. The van der Waals surface area contributed by atoms with E-state index in [1.54, 1.807) is 0 Å². The van der Waals surface area contributed by atoms with Gasteiger partial charge in [-0.15, -0.1) is 0 Å². The van der Waals surface area contributed by atoms with Gasteiger partial charge in [0, 0.05) is 19.2 Å². The first-order valence-corrected chi connectivity index (χ1v) is 5.11. The molecule has 16 heavy (non-hydrogen) atoms. The van der Waals surface area contributed by atoms with Crippen molar-refractivity contribution in [3.8, 4) is 5.75 Å². The minimum absolute atomic E-state index is 0.261. The molecule has 1 fully saturated rings. The molecule has 1 N–H and O–H groups in total. The van der Waals surface area contributed by atoms with Gasteiger partial charge in [-0.05, 0) is 18.6 Å². The Morgan fingerprint density at radius 2 is 2.31 bits per heavy atom. The summed E-state index contributed by atoms with van der Waals surface area (Å²) in [5.74, 6) is 0.118. The third-order valence-corrected chi connectivity index (χ3v) is 2.52. The van der Waals surface area contributed by atoms with Crippen LogP contribution >= 0.6 is 0 Å². The van der Waals surface area contributed by atoms with E-state index in [2.05, 4.69) is 5.32 Å². The van der Waals surface area contributed by atoms with Gasteiger partial charge in [0.1, 0.15) is 11.6 Å². The molecule has 0 spiro atoms. The average Bonchev–Trinajstić information content (AvgIpc) is 2.31. The lowest BCUT2D eigenvalue weighted by Gasteiger charge is -2.27. The zero-order valence-electron chi connectivity index (χ0n) is 9.00. The van der Waals surface area contributed by atoms with Gasteiger partial charge in [-0.2, -0.15) is 0 Å². The number of halogens is 1. The largest absolute Gasteiger partial charge is 0.497 e. The third kappa shape index (κ3) is 1.93. The first-order valence-electron chi connectivity index (χ1n) is 5.11. The van der Waals surface area contributed by atoms with Gasteiger partial charge in [-0.1, -0.05) is 0 Å². The van der Waals surface area contributed by atoms with Crippen LogP contribution in [0.15, 0.2) is 18.2 Å². The Morgan fingerprint density at radius 1 is 1.50 bits per heavy atom. The molecule has 2 amide bonds. The number of benzene rings is 1. The van der Waals surface area contributed by atoms with E-state index in [0.717, 1.165) is 6.42 Å². The molecule has 86 valence electrons. The number of urea groups is 1. The predicted octanol–water partition coefficient (Wildman–Crippen LogP) is 1.75. The van der Waals surface area contributed by atoms with Crippen LogP contribution in [0.3, 0.4) is 0 Å². The number of hydrogen-bond donors (Lipinski definition) is 1. The summed E-state index contributed by atoms with van der Waals surface area (Å²) < 4.78 is 18.6. The normalized spacial score (nSPS) is 15.9. The van der Waals surface area contributed by atoms with E-state index in [0.29, 0.717) is 18.8 Å². The highest BCUT2D eigenvalue weighted by Gasteiger charge is 2.22. The lowest BCUT2D eigenvalue weighted by molar-refractivity contribution is 0.242. The van der Waals surface area contributed by atoms with Crippen molar-refractivity contribution in [2.24, 2.45) is 0 Å². The number of methoxy groups -OCH3 is 1. The van der Waals surface area contributed by atoms with Crippen molar-refractivity contribution >= 4 is 11.7 Å².